The SMILES string of the molecule is CCNC(=NCC1(Cc2ccccc2)CC1)NCCc1cccc(C(=O)NC)c1. The minimum Gasteiger partial charge on any atom is -0.357 e. The van der Waals surface area contributed by atoms with Crippen LogP contribution in [0.3, 0.4) is 0 Å². The Morgan fingerprint density at radius 2 is 1.79 bits per heavy atom. The molecule has 1 aliphatic rings. The van der Waals surface area contributed by atoms with Gasteiger partial charge in [0.25, 0.3) is 5.91 Å². The number of benzene rings is 2. The standard InChI is InChI=1S/C24H32N4O/c1-3-26-23(27-15-12-19-10-7-11-21(16-19)22(29)25-2)28-18-24(13-14-24)17-20-8-5-4-6-9-20/h4-11,16H,3,12-15,17-18H2,1-2H3,(H,25,29)(H2,26,27,28). The number of carbonyl (C=O) groups is 1. The Morgan fingerprint density at radius 3 is 2.48 bits per heavy atom. The topological polar surface area (TPSA) is 65.5 Å². The quantitative estimate of drug-likeness (QED) is 0.454. The third kappa shape index (κ3) is 6.34. The van der Waals surface area contributed by atoms with E-state index in [-0.39, 0.29) is 5.91 Å². The molecule has 0 aliphatic heterocycles. The molecule has 0 saturated heterocycles. The minimum absolute atomic E-state index is 0.0529. The number of amides is 1. The molecule has 0 unspecified atom stereocenters. The molecule has 1 aliphatic carbocycles. The maximum absolute atomic E-state index is 11.8. The van der Waals surface area contributed by atoms with Gasteiger partial charge in [-0.25, -0.2) is 0 Å². The highest BCUT2D eigenvalue weighted by molar-refractivity contribution is 5.94. The first-order valence-corrected chi connectivity index (χ1v) is 10.5. The molecule has 0 aromatic heterocycles. The molecule has 0 heterocycles. The highest BCUT2D eigenvalue weighted by Gasteiger charge is 2.42. The average Bonchev–Trinajstić information content (AvgIpc) is 3.52. The van der Waals surface area contributed by atoms with Crippen molar-refractivity contribution in [3.63, 3.8) is 0 Å². The first-order valence-electron chi connectivity index (χ1n) is 10.5. The lowest BCUT2D eigenvalue weighted by Crippen LogP contribution is -2.38. The summed E-state index contributed by atoms with van der Waals surface area (Å²) in [7, 11) is 1.65. The van der Waals surface area contributed by atoms with Gasteiger partial charge in [0.05, 0.1) is 0 Å². The molecule has 1 saturated carbocycles. The lowest BCUT2D eigenvalue weighted by atomic mass is 9.97. The lowest BCUT2D eigenvalue weighted by Gasteiger charge is -2.16. The second-order valence-corrected chi connectivity index (χ2v) is 7.81. The average molecular weight is 393 g/mol. The smallest absolute Gasteiger partial charge is 0.251 e. The van der Waals surface area contributed by atoms with Crippen LogP contribution < -0.4 is 16.0 Å². The molecule has 2 aromatic carbocycles. The van der Waals surface area contributed by atoms with Gasteiger partial charge in [-0.15, -0.1) is 0 Å². The molecule has 1 amide bonds. The predicted molar refractivity (Wildman–Crippen MR) is 119 cm³/mol. The highest BCUT2D eigenvalue weighted by atomic mass is 16.1. The van der Waals surface area contributed by atoms with Crippen LogP contribution in [0.25, 0.3) is 0 Å². The molecule has 0 radical (unpaired) electrons. The van der Waals surface area contributed by atoms with E-state index < -0.39 is 0 Å². The van der Waals surface area contributed by atoms with Gasteiger partial charge in [0.1, 0.15) is 0 Å². The zero-order valence-corrected chi connectivity index (χ0v) is 17.5. The van der Waals surface area contributed by atoms with Crippen molar-refractivity contribution >= 4 is 11.9 Å². The van der Waals surface area contributed by atoms with Crippen molar-refractivity contribution in [2.24, 2.45) is 10.4 Å². The second-order valence-electron chi connectivity index (χ2n) is 7.81. The first-order chi connectivity index (χ1) is 14.1. The summed E-state index contributed by atoms with van der Waals surface area (Å²) in [4.78, 5) is 16.7. The summed E-state index contributed by atoms with van der Waals surface area (Å²) in [5, 5.41) is 9.45. The van der Waals surface area contributed by atoms with Crippen LogP contribution >= 0.6 is 0 Å². The molecule has 0 atom stereocenters. The van der Waals surface area contributed by atoms with Crippen LogP contribution in [0.5, 0.6) is 0 Å². The van der Waals surface area contributed by atoms with E-state index in [9.17, 15) is 4.79 Å². The number of carbonyl (C=O) groups excluding carboxylic acids is 1. The Hall–Kier alpha value is -2.82. The monoisotopic (exact) mass is 392 g/mol. The summed E-state index contributed by atoms with van der Waals surface area (Å²) in [5.41, 5.74) is 3.56. The number of guanidine groups is 1. The third-order valence-electron chi connectivity index (χ3n) is 5.42. The van der Waals surface area contributed by atoms with E-state index in [1.54, 1.807) is 7.05 Å². The zero-order valence-electron chi connectivity index (χ0n) is 17.5. The van der Waals surface area contributed by atoms with E-state index in [0.29, 0.717) is 11.0 Å². The summed E-state index contributed by atoms with van der Waals surface area (Å²) in [6, 6.07) is 18.5. The Bertz CT molecular complexity index is 828. The number of hydrogen-bond acceptors (Lipinski definition) is 2. The number of nitrogens with zero attached hydrogens (tertiary/aromatic N) is 1. The number of aliphatic imine (C=N–C) groups is 1. The molecular formula is C24H32N4O. The predicted octanol–water partition coefficient (Wildman–Crippen LogP) is 3.17. The molecule has 0 bridgehead atoms. The fourth-order valence-corrected chi connectivity index (χ4v) is 3.52. The Balaban J connectivity index is 1.53. The van der Waals surface area contributed by atoms with Crippen LogP contribution in [0.1, 0.15) is 41.3 Å². The van der Waals surface area contributed by atoms with Gasteiger partial charge < -0.3 is 16.0 Å². The van der Waals surface area contributed by atoms with Crippen LogP contribution in [0.2, 0.25) is 0 Å². The van der Waals surface area contributed by atoms with Crippen LogP contribution in [0.15, 0.2) is 59.6 Å². The summed E-state index contributed by atoms with van der Waals surface area (Å²) in [5.74, 6) is 0.817. The molecule has 0 spiro atoms. The van der Waals surface area contributed by atoms with Gasteiger partial charge in [0.15, 0.2) is 5.96 Å². The van der Waals surface area contributed by atoms with E-state index in [0.717, 1.165) is 44.0 Å². The number of hydrogen-bond donors (Lipinski definition) is 3. The second kappa shape index (κ2) is 10.1. The molecule has 3 rings (SSSR count). The Kier molecular flexibility index (Phi) is 7.28. The van der Waals surface area contributed by atoms with Gasteiger partial charge in [0.2, 0.25) is 0 Å². The summed E-state index contributed by atoms with van der Waals surface area (Å²) in [6.45, 7) is 4.54. The fourth-order valence-electron chi connectivity index (χ4n) is 3.52. The van der Waals surface area contributed by atoms with Crippen molar-refractivity contribution in [1.29, 1.82) is 0 Å². The van der Waals surface area contributed by atoms with Gasteiger partial charge in [0, 0.05) is 32.2 Å². The maximum atomic E-state index is 11.8. The van der Waals surface area contributed by atoms with Gasteiger partial charge >= 0.3 is 0 Å². The molecular weight excluding hydrogens is 360 g/mol. The number of rotatable bonds is 9. The molecule has 1 fully saturated rings. The van der Waals surface area contributed by atoms with Gasteiger partial charge in [-0.05, 0) is 61.3 Å². The summed E-state index contributed by atoms with van der Waals surface area (Å²) >= 11 is 0. The molecule has 5 heteroatoms. The highest BCUT2D eigenvalue weighted by Crippen LogP contribution is 2.48. The van der Waals surface area contributed by atoms with E-state index in [2.05, 4.69) is 59.3 Å². The van der Waals surface area contributed by atoms with Gasteiger partial charge in [-0.2, -0.15) is 0 Å². The van der Waals surface area contributed by atoms with E-state index in [1.165, 1.54) is 18.4 Å². The normalized spacial score (nSPS) is 14.9. The van der Waals surface area contributed by atoms with Crippen LogP contribution in [0.4, 0.5) is 0 Å². The van der Waals surface area contributed by atoms with Gasteiger partial charge in [-0.1, -0.05) is 42.5 Å². The van der Waals surface area contributed by atoms with Crippen molar-refractivity contribution in [3.05, 3.63) is 71.3 Å². The van der Waals surface area contributed by atoms with Crippen LogP contribution in [0, 0.1) is 5.41 Å². The van der Waals surface area contributed by atoms with Gasteiger partial charge in [-0.3, -0.25) is 9.79 Å². The summed E-state index contributed by atoms with van der Waals surface area (Å²) < 4.78 is 0. The van der Waals surface area contributed by atoms with Crippen molar-refractivity contribution in [1.82, 2.24) is 16.0 Å². The fraction of sp³-hybridized carbons (Fsp3) is 0.417. The van der Waals surface area contributed by atoms with E-state index in [4.69, 9.17) is 4.99 Å². The molecule has 154 valence electrons. The molecule has 29 heavy (non-hydrogen) atoms. The maximum Gasteiger partial charge on any atom is 0.251 e. The third-order valence-corrected chi connectivity index (χ3v) is 5.42. The minimum atomic E-state index is -0.0529. The Morgan fingerprint density at radius 1 is 1.03 bits per heavy atom. The zero-order chi connectivity index (χ0) is 20.5. The number of nitrogens with one attached hydrogen (secondary N) is 3. The van der Waals surface area contributed by atoms with Crippen LogP contribution in [-0.2, 0) is 12.8 Å². The first kappa shape index (κ1) is 20.9. The van der Waals surface area contributed by atoms with Crippen molar-refractivity contribution < 1.29 is 4.79 Å². The Labute approximate surface area is 174 Å². The van der Waals surface area contributed by atoms with Crippen molar-refractivity contribution in [2.45, 2.75) is 32.6 Å². The lowest BCUT2D eigenvalue weighted by molar-refractivity contribution is 0.0963. The van der Waals surface area contributed by atoms with Crippen molar-refractivity contribution in [3.8, 4) is 0 Å². The largest absolute Gasteiger partial charge is 0.357 e. The molecule has 2 aromatic rings. The molecule has 5 nitrogen and oxygen atoms in total. The van der Waals surface area contributed by atoms with E-state index >= 15 is 0 Å². The molecule has 3 N–H and O–H groups in total. The van der Waals surface area contributed by atoms with Crippen molar-refractivity contribution in [2.75, 3.05) is 26.7 Å². The van der Waals surface area contributed by atoms with E-state index in [1.807, 2.05) is 18.2 Å². The van der Waals surface area contributed by atoms with Crippen LogP contribution in [-0.4, -0.2) is 38.5 Å². The summed E-state index contributed by atoms with van der Waals surface area (Å²) in [6.07, 6.45) is 4.43.